The van der Waals surface area contributed by atoms with Crippen molar-refractivity contribution in [2.45, 2.75) is 0 Å². The topological polar surface area (TPSA) is 52.1 Å². The number of halogens is 1. The van der Waals surface area contributed by atoms with Gasteiger partial charge in [-0.3, -0.25) is 4.79 Å². The molecule has 0 aromatic heterocycles. The van der Waals surface area contributed by atoms with E-state index in [2.05, 4.69) is 6.58 Å². The van der Waals surface area contributed by atoms with Gasteiger partial charge in [0.15, 0.2) is 0 Å². The van der Waals surface area contributed by atoms with Crippen LogP contribution in [0.4, 0.5) is 4.39 Å². The number of hydrogen-bond donors (Lipinski definition) is 1. The van der Waals surface area contributed by atoms with Crippen LogP contribution in [-0.2, 0) is 4.79 Å². The minimum absolute atomic E-state index is 0. The summed E-state index contributed by atoms with van der Waals surface area (Å²) in [6, 6.07) is -1.48. The van der Waals surface area contributed by atoms with E-state index in [0.717, 1.165) is 0 Å². The highest BCUT2D eigenvalue weighted by atomic mass is 19.1. The normalized spacial score (nSPS) is 5.50. The van der Waals surface area contributed by atoms with Crippen molar-refractivity contribution >= 4 is 6.04 Å². The Kier molecular flexibility index (Phi) is 6.45. The molecule has 0 aliphatic rings. The summed E-state index contributed by atoms with van der Waals surface area (Å²) in [6.45, 7) is 2.84. The van der Waals surface area contributed by atoms with Gasteiger partial charge < -0.3 is 6.15 Å². The van der Waals surface area contributed by atoms with Crippen LogP contribution in [0.25, 0.3) is 0 Å². The van der Waals surface area contributed by atoms with E-state index in [-0.39, 0.29) is 6.15 Å². The Balaban J connectivity index is 0. The molecule has 3 N–H and O–H groups in total. The lowest BCUT2D eigenvalue weighted by atomic mass is 10.7. The maximum absolute atomic E-state index is 10.7. The number of hydrogen-bond acceptors (Lipinski definition) is 2. The summed E-state index contributed by atoms with van der Waals surface area (Å²) in [7, 11) is 0. The van der Waals surface area contributed by atoms with Gasteiger partial charge in [0.25, 0.3) is 0 Å². The van der Waals surface area contributed by atoms with Crippen LogP contribution in [0.1, 0.15) is 0 Å². The molecule has 36 valence electrons. The first-order valence-corrected chi connectivity index (χ1v) is 1.09. The van der Waals surface area contributed by atoms with Crippen molar-refractivity contribution in [1.82, 2.24) is 6.15 Å². The minimum Gasteiger partial charge on any atom is -0.344 e. The Hall–Kier alpha value is -0.700. The fraction of sp³-hybridized carbons (Fsp3) is 0. The van der Waals surface area contributed by atoms with Crippen LogP contribution in [-0.4, -0.2) is 6.04 Å². The number of rotatable bonds is 1. The molecule has 0 radical (unpaired) electrons. The largest absolute Gasteiger partial charge is 0.344 e. The maximum Gasteiger partial charge on any atom is 0.324 e. The average Bonchev–Trinajstić information content (AvgIpc) is 1.38. The van der Waals surface area contributed by atoms with Gasteiger partial charge in [-0.15, -0.1) is 0 Å². The molecule has 0 aromatic rings. The summed E-state index contributed by atoms with van der Waals surface area (Å²) in [5, 5.41) is 0. The van der Waals surface area contributed by atoms with Gasteiger partial charge in [0.1, 0.15) is 0 Å². The second-order valence-corrected chi connectivity index (χ2v) is 0.508. The first-order valence-electron chi connectivity index (χ1n) is 1.09. The third-order valence-corrected chi connectivity index (χ3v) is 0.160. The molecular formula is C3H6FNO. The lowest BCUT2D eigenvalue weighted by Gasteiger charge is -1.57. The Bertz CT molecular complexity index is 61.8. The van der Waals surface area contributed by atoms with Crippen LogP contribution < -0.4 is 6.15 Å². The first-order chi connectivity index (χ1) is 2.27. The van der Waals surface area contributed by atoms with Gasteiger partial charge in [0.2, 0.25) is 0 Å². The standard InChI is InChI=1S/C3H3FO.H3N/c1-2-3(4)5;/h2H,1H2;1H3. The molecule has 0 aliphatic carbocycles. The summed E-state index contributed by atoms with van der Waals surface area (Å²) in [4.78, 5) is 9.03. The smallest absolute Gasteiger partial charge is 0.324 e. The van der Waals surface area contributed by atoms with Crippen LogP contribution in [0.15, 0.2) is 12.7 Å². The molecule has 0 atom stereocenters. The molecule has 0 aliphatic heterocycles. The predicted molar refractivity (Wildman–Crippen MR) is 21.3 cm³/mol. The van der Waals surface area contributed by atoms with Gasteiger partial charge in [-0.2, -0.15) is 4.39 Å². The van der Waals surface area contributed by atoms with Crippen molar-refractivity contribution in [1.29, 1.82) is 0 Å². The highest BCUT2D eigenvalue weighted by Crippen LogP contribution is 1.66. The van der Waals surface area contributed by atoms with E-state index in [1.54, 1.807) is 0 Å². The molecule has 0 heterocycles. The molecule has 6 heavy (non-hydrogen) atoms. The molecule has 0 saturated heterocycles. The van der Waals surface area contributed by atoms with Gasteiger partial charge >= 0.3 is 6.04 Å². The zero-order chi connectivity index (χ0) is 4.28. The van der Waals surface area contributed by atoms with Gasteiger partial charge in [-0.25, -0.2) is 0 Å². The number of allylic oxidation sites excluding steroid dienone is 1. The van der Waals surface area contributed by atoms with E-state index in [9.17, 15) is 4.39 Å². The zero-order valence-corrected chi connectivity index (χ0v) is 3.28. The van der Waals surface area contributed by atoms with Gasteiger partial charge in [0, 0.05) is 6.08 Å². The summed E-state index contributed by atoms with van der Waals surface area (Å²) >= 11 is 0. The Morgan fingerprint density at radius 1 is 1.83 bits per heavy atom. The highest BCUT2D eigenvalue weighted by Gasteiger charge is 1.77. The summed E-state index contributed by atoms with van der Waals surface area (Å²) < 4.78 is 10.7. The molecule has 0 bridgehead atoms. The second-order valence-electron chi connectivity index (χ2n) is 0.508. The van der Waals surface area contributed by atoms with Gasteiger partial charge in [-0.1, -0.05) is 6.58 Å². The summed E-state index contributed by atoms with van der Waals surface area (Å²) in [5.74, 6) is 0. The van der Waals surface area contributed by atoms with Crippen LogP contribution >= 0.6 is 0 Å². The Morgan fingerprint density at radius 3 is 2.00 bits per heavy atom. The van der Waals surface area contributed by atoms with Crippen molar-refractivity contribution in [2.24, 2.45) is 0 Å². The first kappa shape index (κ1) is 9.00. The van der Waals surface area contributed by atoms with Crippen LogP contribution in [0.5, 0.6) is 0 Å². The van der Waals surface area contributed by atoms with E-state index in [0.29, 0.717) is 6.08 Å². The van der Waals surface area contributed by atoms with Crippen molar-refractivity contribution in [3.63, 3.8) is 0 Å². The molecule has 0 fully saturated rings. The van der Waals surface area contributed by atoms with E-state index in [1.165, 1.54) is 0 Å². The molecule has 0 aromatic carbocycles. The van der Waals surface area contributed by atoms with Crippen LogP contribution in [0.2, 0.25) is 0 Å². The van der Waals surface area contributed by atoms with Crippen LogP contribution in [0.3, 0.4) is 0 Å². The third-order valence-electron chi connectivity index (χ3n) is 0.160. The Labute approximate surface area is 35.2 Å². The minimum atomic E-state index is -1.48. The number of carbonyl (C=O) groups excluding carboxylic acids is 1. The molecule has 3 heteroatoms. The second kappa shape index (κ2) is 4.30. The van der Waals surface area contributed by atoms with Crippen molar-refractivity contribution in [3.8, 4) is 0 Å². The summed E-state index contributed by atoms with van der Waals surface area (Å²) in [5.41, 5.74) is 0. The molecule has 2 nitrogen and oxygen atoms in total. The van der Waals surface area contributed by atoms with Crippen LogP contribution in [0, 0.1) is 0 Å². The summed E-state index contributed by atoms with van der Waals surface area (Å²) in [6.07, 6.45) is 0.611. The van der Waals surface area contributed by atoms with E-state index in [4.69, 9.17) is 4.79 Å². The average molecular weight is 91.1 g/mol. The van der Waals surface area contributed by atoms with E-state index >= 15 is 0 Å². The fourth-order valence-corrected chi connectivity index (χ4v) is 0. The third kappa shape index (κ3) is 10.3. The fourth-order valence-electron chi connectivity index (χ4n) is 0. The monoisotopic (exact) mass is 91.0 g/mol. The predicted octanol–water partition coefficient (Wildman–Crippen LogP) is 0.831. The Morgan fingerprint density at radius 2 is 2.00 bits per heavy atom. The SMILES string of the molecule is C=CC(=O)F.N. The molecule has 0 spiro atoms. The van der Waals surface area contributed by atoms with Gasteiger partial charge in [-0.05, 0) is 0 Å². The lowest BCUT2D eigenvalue weighted by Crippen LogP contribution is -1.70. The van der Waals surface area contributed by atoms with Crippen molar-refractivity contribution in [3.05, 3.63) is 12.7 Å². The quantitative estimate of drug-likeness (QED) is 0.384. The zero-order valence-electron chi connectivity index (χ0n) is 3.28. The highest BCUT2D eigenvalue weighted by molar-refractivity contribution is 5.79. The molecule has 0 rings (SSSR count). The lowest BCUT2D eigenvalue weighted by molar-refractivity contribution is -0.124. The molecule has 0 amide bonds. The number of carbonyl (C=O) groups is 1. The van der Waals surface area contributed by atoms with Gasteiger partial charge in [0.05, 0.1) is 0 Å². The van der Waals surface area contributed by atoms with Crippen molar-refractivity contribution in [2.75, 3.05) is 0 Å². The van der Waals surface area contributed by atoms with E-state index < -0.39 is 6.04 Å². The van der Waals surface area contributed by atoms with Crippen molar-refractivity contribution < 1.29 is 9.18 Å². The molecule has 0 saturated carbocycles. The molecular weight excluding hydrogens is 85.0 g/mol. The molecule has 0 unspecified atom stereocenters. The van der Waals surface area contributed by atoms with E-state index in [1.807, 2.05) is 0 Å². The maximum atomic E-state index is 10.7.